The lowest BCUT2D eigenvalue weighted by Crippen LogP contribution is -2.27. The lowest BCUT2D eigenvalue weighted by molar-refractivity contribution is -0.120. The molecule has 0 spiro atoms. The number of methoxy groups -OCH3 is 1. The van der Waals surface area contributed by atoms with Gasteiger partial charge in [0.25, 0.3) is 0 Å². The predicted octanol–water partition coefficient (Wildman–Crippen LogP) is 1.99. The van der Waals surface area contributed by atoms with Crippen molar-refractivity contribution in [3.63, 3.8) is 0 Å². The molecule has 0 aliphatic heterocycles. The zero-order chi connectivity index (χ0) is 14.2. The van der Waals surface area contributed by atoms with Gasteiger partial charge in [-0.3, -0.25) is 9.78 Å². The van der Waals surface area contributed by atoms with Crippen LogP contribution < -0.4 is 10.1 Å². The largest absolute Gasteiger partial charge is 0.496 e. The second-order valence-electron chi connectivity index (χ2n) is 4.41. The van der Waals surface area contributed by atoms with Crippen molar-refractivity contribution >= 4 is 5.91 Å². The minimum atomic E-state index is -0.00886. The van der Waals surface area contributed by atoms with Gasteiger partial charge in [-0.15, -0.1) is 0 Å². The van der Waals surface area contributed by atoms with Crippen molar-refractivity contribution in [2.24, 2.45) is 0 Å². The van der Waals surface area contributed by atoms with E-state index >= 15 is 0 Å². The van der Waals surface area contributed by atoms with E-state index in [1.54, 1.807) is 13.3 Å². The third-order valence-electron chi connectivity index (χ3n) is 2.97. The number of rotatable bonds is 6. The van der Waals surface area contributed by atoms with Gasteiger partial charge in [0.2, 0.25) is 5.91 Å². The Morgan fingerprint density at radius 3 is 2.75 bits per heavy atom. The van der Waals surface area contributed by atoms with Gasteiger partial charge in [0, 0.05) is 30.4 Å². The highest BCUT2D eigenvalue weighted by Gasteiger charge is 2.07. The Kier molecular flexibility index (Phi) is 5.12. The number of para-hydroxylation sites is 1. The molecule has 1 N–H and O–H groups in total. The van der Waals surface area contributed by atoms with E-state index < -0.39 is 0 Å². The number of nitrogens with one attached hydrogen (secondary N) is 1. The lowest BCUT2D eigenvalue weighted by atomic mass is 10.1. The summed E-state index contributed by atoms with van der Waals surface area (Å²) >= 11 is 0. The molecule has 0 fully saturated rings. The molecule has 20 heavy (non-hydrogen) atoms. The molecule has 4 heteroatoms. The maximum absolute atomic E-state index is 11.9. The van der Waals surface area contributed by atoms with E-state index in [2.05, 4.69) is 10.3 Å². The van der Waals surface area contributed by atoms with E-state index in [9.17, 15) is 4.79 Å². The van der Waals surface area contributed by atoms with Gasteiger partial charge in [-0.25, -0.2) is 0 Å². The van der Waals surface area contributed by atoms with E-state index in [1.165, 1.54) is 0 Å². The Balaban J connectivity index is 1.81. The van der Waals surface area contributed by atoms with Crippen molar-refractivity contribution in [3.05, 3.63) is 59.9 Å². The maximum atomic E-state index is 11.9. The number of carbonyl (C=O) groups excluding carboxylic acids is 1. The molecule has 4 nitrogen and oxygen atoms in total. The fourth-order valence-corrected chi connectivity index (χ4v) is 1.96. The van der Waals surface area contributed by atoms with E-state index in [0.717, 1.165) is 23.4 Å². The van der Waals surface area contributed by atoms with Crippen LogP contribution in [0.2, 0.25) is 0 Å². The van der Waals surface area contributed by atoms with Gasteiger partial charge in [-0.1, -0.05) is 24.3 Å². The molecule has 2 rings (SSSR count). The lowest BCUT2D eigenvalue weighted by Gasteiger charge is -2.08. The van der Waals surface area contributed by atoms with Crippen LogP contribution in [0.4, 0.5) is 0 Å². The van der Waals surface area contributed by atoms with Crippen LogP contribution in [-0.4, -0.2) is 24.5 Å². The number of aromatic nitrogens is 1. The van der Waals surface area contributed by atoms with Crippen LogP contribution in [0.3, 0.4) is 0 Å². The molecule has 1 heterocycles. The monoisotopic (exact) mass is 270 g/mol. The minimum absolute atomic E-state index is 0.00886. The number of benzene rings is 1. The van der Waals surface area contributed by atoms with Crippen molar-refractivity contribution in [3.8, 4) is 5.75 Å². The van der Waals surface area contributed by atoms with Crippen molar-refractivity contribution in [2.45, 2.75) is 12.8 Å². The molecule has 1 aromatic heterocycles. The van der Waals surface area contributed by atoms with Crippen molar-refractivity contribution in [1.29, 1.82) is 0 Å². The molecule has 0 saturated heterocycles. The molecule has 0 saturated carbocycles. The van der Waals surface area contributed by atoms with Gasteiger partial charge in [0.05, 0.1) is 13.5 Å². The van der Waals surface area contributed by atoms with Crippen LogP contribution >= 0.6 is 0 Å². The predicted molar refractivity (Wildman–Crippen MR) is 77.6 cm³/mol. The first-order valence-corrected chi connectivity index (χ1v) is 6.58. The van der Waals surface area contributed by atoms with Crippen LogP contribution in [0, 0.1) is 0 Å². The summed E-state index contributed by atoms with van der Waals surface area (Å²) in [6.45, 7) is 0.588. The normalized spacial score (nSPS) is 10.1. The summed E-state index contributed by atoms with van der Waals surface area (Å²) in [4.78, 5) is 16.1. The molecule has 0 aliphatic carbocycles. The highest BCUT2D eigenvalue weighted by Crippen LogP contribution is 2.17. The average Bonchev–Trinajstić information content (AvgIpc) is 2.49. The number of hydrogen-bond donors (Lipinski definition) is 1. The molecule has 104 valence electrons. The molecule has 0 aliphatic rings. The van der Waals surface area contributed by atoms with Crippen LogP contribution in [0.5, 0.6) is 5.75 Å². The highest BCUT2D eigenvalue weighted by atomic mass is 16.5. The number of hydrogen-bond acceptors (Lipinski definition) is 3. The van der Waals surface area contributed by atoms with Gasteiger partial charge >= 0.3 is 0 Å². The molecule has 0 atom stereocenters. The SMILES string of the molecule is COc1ccccc1CC(=O)NCCc1ccccn1. The summed E-state index contributed by atoms with van der Waals surface area (Å²) in [5.41, 5.74) is 1.87. The summed E-state index contributed by atoms with van der Waals surface area (Å²) in [7, 11) is 1.61. The minimum Gasteiger partial charge on any atom is -0.496 e. The zero-order valence-corrected chi connectivity index (χ0v) is 11.5. The molecule has 1 amide bonds. The number of amides is 1. The summed E-state index contributed by atoms with van der Waals surface area (Å²) in [6, 6.07) is 13.3. The van der Waals surface area contributed by atoms with Crippen molar-refractivity contribution < 1.29 is 9.53 Å². The molecule has 0 bridgehead atoms. The maximum Gasteiger partial charge on any atom is 0.224 e. The first-order chi connectivity index (χ1) is 9.79. The third-order valence-corrected chi connectivity index (χ3v) is 2.97. The molecular weight excluding hydrogens is 252 g/mol. The summed E-state index contributed by atoms with van der Waals surface area (Å²) in [5, 5.41) is 2.90. The average molecular weight is 270 g/mol. The summed E-state index contributed by atoms with van der Waals surface area (Å²) < 4.78 is 5.23. The number of pyridine rings is 1. The Morgan fingerprint density at radius 2 is 2.00 bits per heavy atom. The van der Waals surface area contributed by atoms with E-state index in [1.807, 2.05) is 42.5 Å². The van der Waals surface area contributed by atoms with Crippen molar-refractivity contribution in [2.75, 3.05) is 13.7 Å². The number of nitrogens with zero attached hydrogens (tertiary/aromatic N) is 1. The Hall–Kier alpha value is -2.36. The first kappa shape index (κ1) is 14.1. The van der Waals surface area contributed by atoms with Gasteiger partial charge in [0.1, 0.15) is 5.75 Å². The number of ether oxygens (including phenoxy) is 1. The Labute approximate surface area is 118 Å². The van der Waals surface area contributed by atoms with E-state index in [4.69, 9.17) is 4.74 Å². The quantitative estimate of drug-likeness (QED) is 0.873. The second-order valence-corrected chi connectivity index (χ2v) is 4.41. The van der Waals surface area contributed by atoms with Crippen LogP contribution in [0.15, 0.2) is 48.7 Å². The summed E-state index contributed by atoms with van der Waals surface area (Å²) in [5.74, 6) is 0.734. The molecule has 2 aromatic rings. The molecule has 0 radical (unpaired) electrons. The second kappa shape index (κ2) is 7.28. The van der Waals surface area contributed by atoms with Gasteiger partial charge in [0.15, 0.2) is 0 Å². The standard InChI is InChI=1S/C16H18N2O2/c1-20-15-8-3-2-6-13(15)12-16(19)18-11-9-14-7-4-5-10-17-14/h2-8,10H,9,11-12H2,1H3,(H,18,19). The highest BCUT2D eigenvalue weighted by molar-refractivity contribution is 5.79. The fraction of sp³-hybridized carbons (Fsp3) is 0.250. The fourth-order valence-electron chi connectivity index (χ4n) is 1.96. The Bertz CT molecular complexity index is 555. The molecule has 0 unspecified atom stereocenters. The zero-order valence-electron chi connectivity index (χ0n) is 11.5. The van der Waals surface area contributed by atoms with Gasteiger partial charge < -0.3 is 10.1 Å². The first-order valence-electron chi connectivity index (χ1n) is 6.58. The van der Waals surface area contributed by atoms with Gasteiger partial charge in [-0.2, -0.15) is 0 Å². The van der Waals surface area contributed by atoms with Gasteiger partial charge in [-0.05, 0) is 18.2 Å². The van der Waals surface area contributed by atoms with Crippen molar-refractivity contribution in [1.82, 2.24) is 10.3 Å². The van der Waals surface area contributed by atoms with Crippen LogP contribution in [-0.2, 0) is 17.6 Å². The smallest absolute Gasteiger partial charge is 0.224 e. The van der Waals surface area contributed by atoms with Crippen LogP contribution in [0.1, 0.15) is 11.3 Å². The Morgan fingerprint density at radius 1 is 1.20 bits per heavy atom. The molecular formula is C16H18N2O2. The molecule has 1 aromatic carbocycles. The number of carbonyl (C=O) groups is 1. The van der Waals surface area contributed by atoms with E-state index in [-0.39, 0.29) is 5.91 Å². The van der Waals surface area contributed by atoms with E-state index in [0.29, 0.717) is 13.0 Å². The third kappa shape index (κ3) is 4.09. The summed E-state index contributed by atoms with van der Waals surface area (Å²) in [6.07, 6.45) is 2.82. The van der Waals surface area contributed by atoms with Crippen LogP contribution in [0.25, 0.3) is 0 Å². The topological polar surface area (TPSA) is 51.2 Å².